The number of sulfonamides is 1. The molecule has 1 fully saturated rings. The number of piperidine rings is 1. The monoisotopic (exact) mass is 622 g/mol. The van der Waals surface area contributed by atoms with Gasteiger partial charge in [0.2, 0.25) is 10.0 Å². The summed E-state index contributed by atoms with van der Waals surface area (Å²) in [5.74, 6) is 1.03. The van der Waals surface area contributed by atoms with Crippen molar-refractivity contribution in [2.45, 2.75) is 43.5 Å². The van der Waals surface area contributed by atoms with Gasteiger partial charge in [0.05, 0.1) is 37.3 Å². The van der Waals surface area contributed by atoms with Crippen molar-refractivity contribution in [3.63, 3.8) is 0 Å². The number of carbonyl (C=O) groups is 2. The summed E-state index contributed by atoms with van der Waals surface area (Å²) in [6, 6.07) is 16.2. The van der Waals surface area contributed by atoms with Gasteiger partial charge in [-0.05, 0) is 98.0 Å². The molecule has 1 unspecified atom stereocenters. The molecule has 1 saturated heterocycles. The summed E-state index contributed by atoms with van der Waals surface area (Å²) in [6.07, 6.45) is 3.32. The largest absolute Gasteiger partial charge is 0.493 e. The van der Waals surface area contributed by atoms with Gasteiger partial charge < -0.3 is 23.8 Å². The van der Waals surface area contributed by atoms with Crippen LogP contribution in [-0.2, 0) is 21.2 Å². The quantitative estimate of drug-likeness (QED) is 0.295. The number of methoxy groups -OCH3 is 2. The highest BCUT2D eigenvalue weighted by atomic mass is 32.2. The number of ether oxygens (including phenoxy) is 4. The molecule has 0 N–H and O–H groups in total. The molecule has 3 aromatic carbocycles. The molecule has 10 nitrogen and oxygen atoms in total. The Morgan fingerprint density at radius 3 is 2.11 bits per heavy atom. The second-order valence-electron chi connectivity index (χ2n) is 10.7. The minimum Gasteiger partial charge on any atom is -0.493 e. The molecule has 3 aromatic rings. The molecule has 2 heterocycles. The summed E-state index contributed by atoms with van der Waals surface area (Å²) in [6.45, 7) is 3.61. The number of fused-ring (bicyclic) bond motifs is 1. The fourth-order valence-electron chi connectivity index (χ4n) is 5.72. The highest BCUT2D eigenvalue weighted by molar-refractivity contribution is 7.89. The zero-order valence-electron chi connectivity index (χ0n) is 25.3. The average Bonchev–Trinajstić information content (AvgIpc) is 3.06. The van der Waals surface area contributed by atoms with Gasteiger partial charge in [0.25, 0.3) is 5.91 Å². The fraction of sp³-hybridized carbons (Fsp3) is 0.394. The van der Waals surface area contributed by atoms with Gasteiger partial charge in [-0.3, -0.25) is 4.79 Å². The van der Waals surface area contributed by atoms with E-state index in [9.17, 15) is 18.0 Å². The van der Waals surface area contributed by atoms with Crippen molar-refractivity contribution < 1.29 is 37.0 Å². The van der Waals surface area contributed by atoms with E-state index in [0.717, 1.165) is 30.4 Å². The van der Waals surface area contributed by atoms with Crippen molar-refractivity contribution in [3.8, 4) is 17.2 Å². The number of hydrogen-bond acceptors (Lipinski definition) is 8. The number of rotatable bonds is 10. The van der Waals surface area contributed by atoms with Crippen LogP contribution in [-0.4, -0.2) is 76.6 Å². The van der Waals surface area contributed by atoms with Crippen LogP contribution in [0.25, 0.3) is 0 Å². The Balaban J connectivity index is 1.41. The van der Waals surface area contributed by atoms with Gasteiger partial charge in [-0.25, -0.2) is 13.2 Å². The third kappa shape index (κ3) is 6.53. The van der Waals surface area contributed by atoms with E-state index < -0.39 is 22.0 Å². The molecule has 0 bridgehead atoms. The van der Waals surface area contributed by atoms with Crippen molar-refractivity contribution in [1.82, 2.24) is 9.21 Å². The molecule has 0 radical (unpaired) electrons. The summed E-state index contributed by atoms with van der Waals surface area (Å²) in [7, 11) is -0.468. The molecule has 5 rings (SSSR count). The van der Waals surface area contributed by atoms with Crippen LogP contribution in [0.4, 0.5) is 0 Å². The van der Waals surface area contributed by atoms with Crippen LogP contribution in [0.3, 0.4) is 0 Å². The predicted molar refractivity (Wildman–Crippen MR) is 164 cm³/mol. The molecule has 0 aliphatic carbocycles. The Morgan fingerprint density at radius 2 is 1.48 bits per heavy atom. The maximum atomic E-state index is 14.0. The number of benzene rings is 3. The summed E-state index contributed by atoms with van der Waals surface area (Å²) in [5.41, 5.74) is 2.69. The predicted octanol–water partition coefficient (Wildman–Crippen LogP) is 4.87. The highest BCUT2D eigenvalue weighted by Gasteiger charge is 2.34. The minimum absolute atomic E-state index is 0.133. The lowest BCUT2D eigenvalue weighted by atomic mass is 9.91. The van der Waals surface area contributed by atoms with E-state index in [1.807, 2.05) is 12.1 Å². The third-order valence-electron chi connectivity index (χ3n) is 8.09. The molecule has 234 valence electrons. The van der Waals surface area contributed by atoms with Crippen LogP contribution in [0, 0.1) is 0 Å². The molecule has 11 heteroatoms. The molecule has 2 aliphatic rings. The lowest BCUT2D eigenvalue weighted by molar-refractivity contribution is 0.0524. The Bertz CT molecular complexity index is 1580. The van der Waals surface area contributed by atoms with Crippen LogP contribution < -0.4 is 14.2 Å². The summed E-state index contributed by atoms with van der Waals surface area (Å²) in [4.78, 5) is 27.9. The van der Waals surface area contributed by atoms with Gasteiger partial charge in [-0.1, -0.05) is 6.42 Å². The molecule has 0 saturated carbocycles. The fourth-order valence-corrected chi connectivity index (χ4v) is 7.23. The van der Waals surface area contributed by atoms with Gasteiger partial charge in [-0.2, -0.15) is 4.31 Å². The van der Waals surface area contributed by atoms with E-state index in [-0.39, 0.29) is 24.0 Å². The van der Waals surface area contributed by atoms with Gasteiger partial charge >= 0.3 is 5.97 Å². The molecule has 1 amide bonds. The minimum atomic E-state index is -3.61. The standard InChI is InChI=1S/C33H38N2O8S/c1-4-42-33(37)24-8-12-26(13-9-24)43-22-29-28-21-31(41-3)30(40-2)20-25(28)16-19-35(29)32(36)23-10-14-27(15-11-23)44(38,39)34-17-6-5-7-18-34/h8-15,20-21,29H,4-7,16-19,22H2,1-3H3. The van der Waals surface area contributed by atoms with Crippen molar-refractivity contribution in [1.29, 1.82) is 0 Å². The van der Waals surface area contributed by atoms with E-state index >= 15 is 0 Å². The van der Waals surface area contributed by atoms with Gasteiger partial charge in [0, 0.05) is 25.2 Å². The molecule has 44 heavy (non-hydrogen) atoms. The Labute approximate surface area is 258 Å². The van der Waals surface area contributed by atoms with Crippen LogP contribution in [0.5, 0.6) is 17.2 Å². The summed E-state index contributed by atoms with van der Waals surface area (Å²) < 4.78 is 50.1. The molecule has 2 aliphatic heterocycles. The molecular formula is C33H38N2O8S. The summed E-state index contributed by atoms with van der Waals surface area (Å²) >= 11 is 0. The maximum Gasteiger partial charge on any atom is 0.338 e. The van der Waals surface area contributed by atoms with Crippen LogP contribution in [0.2, 0.25) is 0 Å². The molecule has 0 spiro atoms. The topological polar surface area (TPSA) is 112 Å². The number of nitrogens with zero attached hydrogens (tertiary/aromatic N) is 2. The first-order valence-corrected chi connectivity index (χ1v) is 16.3. The Hall–Kier alpha value is -4.09. The number of hydrogen-bond donors (Lipinski definition) is 0. The third-order valence-corrected chi connectivity index (χ3v) is 10.0. The Morgan fingerprint density at radius 1 is 0.841 bits per heavy atom. The lowest BCUT2D eigenvalue weighted by Crippen LogP contribution is -2.42. The maximum absolute atomic E-state index is 14.0. The van der Waals surface area contributed by atoms with Crippen LogP contribution in [0.15, 0.2) is 65.6 Å². The first-order valence-electron chi connectivity index (χ1n) is 14.8. The number of esters is 1. The first-order chi connectivity index (χ1) is 21.3. The Kier molecular flexibility index (Phi) is 9.75. The van der Waals surface area contributed by atoms with Crippen molar-refractivity contribution in [2.24, 2.45) is 0 Å². The van der Waals surface area contributed by atoms with Crippen molar-refractivity contribution in [3.05, 3.63) is 82.9 Å². The van der Waals surface area contributed by atoms with E-state index in [1.54, 1.807) is 62.4 Å². The van der Waals surface area contributed by atoms with Crippen molar-refractivity contribution in [2.75, 3.05) is 47.1 Å². The second-order valence-corrected chi connectivity index (χ2v) is 12.7. The summed E-state index contributed by atoms with van der Waals surface area (Å²) in [5, 5.41) is 0. The van der Waals surface area contributed by atoms with Crippen LogP contribution >= 0.6 is 0 Å². The molecular weight excluding hydrogens is 584 g/mol. The van der Waals surface area contributed by atoms with Crippen LogP contribution in [0.1, 0.15) is 64.1 Å². The smallest absolute Gasteiger partial charge is 0.338 e. The van der Waals surface area contributed by atoms with Gasteiger partial charge in [-0.15, -0.1) is 0 Å². The molecule has 0 aromatic heterocycles. The lowest BCUT2D eigenvalue weighted by Gasteiger charge is -2.37. The first kappa shape index (κ1) is 31.3. The zero-order valence-corrected chi connectivity index (χ0v) is 26.1. The van der Waals surface area contributed by atoms with E-state index in [2.05, 4.69) is 0 Å². The number of amides is 1. The molecule has 1 atom stereocenters. The average molecular weight is 623 g/mol. The SMILES string of the molecule is CCOC(=O)c1ccc(OCC2c3cc(OC)c(OC)cc3CCN2C(=O)c2ccc(S(=O)(=O)N3CCCCC3)cc2)cc1. The van der Waals surface area contributed by atoms with E-state index in [4.69, 9.17) is 18.9 Å². The normalized spacial score (nSPS) is 17.0. The van der Waals surface area contributed by atoms with E-state index in [0.29, 0.717) is 54.4 Å². The van der Waals surface area contributed by atoms with Crippen molar-refractivity contribution >= 4 is 21.9 Å². The van der Waals surface area contributed by atoms with Gasteiger partial charge in [0.15, 0.2) is 11.5 Å². The van der Waals surface area contributed by atoms with E-state index in [1.165, 1.54) is 16.4 Å². The zero-order chi connectivity index (χ0) is 31.3. The van der Waals surface area contributed by atoms with Gasteiger partial charge in [0.1, 0.15) is 12.4 Å². The number of carbonyl (C=O) groups excluding carboxylic acids is 2. The highest BCUT2D eigenvalue weighted by Crippen LogP contribution is 2.39. The second kappa shape index (κ2) is 13.7.